The fourth-order valence-electron chi connectivity index (χ4n) is 11.4. The van der Waals surface area contributed by atoms with Crippen LogP contribution in [0.1, 0.15) is 32.6 Å². The van der Waals surface area contributed by atoms with E-state index in [1.165, 1.54) is 0 Å². The highest BCUT2D eigenvalue weighted by Gasteiger charge is 2.93. The average molecular weight is 466 g/mol. The Hall–Kier alpha value is -0.320. The van der Waals surface area contributed by atoms with Crippen molar-refractivity contribution in [1.29, 1.82) is 0 Å². The molecular formula is C25H39NO7. The van der Waals surface area contributed by atoms with E-state index in [0.717, 1.165) is 32.4 Å². The van der Waals surface area contributed by atoms with Crippen LogP contribution in [0.4, 0.5) is 0 Å². The van der Waals surface area contributed by atoms with Gasteiger partial charge in [-0.3, -0.25) is 4.90 Å². The van der Waals surface area contributed by atoms with Gasteiger partial charge in [-0.05, 0) is 31.7 Å². The summed E-state index contributed by atoms with van der Waals surface area (Å²) in [7, 11) is 5.34. The van der Waals surface area contributed by atoms with Crippen molar-refractivity contribution in [1.82, 2.24) is 4.90 Å². The van der Waals surface area contributed by atoms with Crippen LogP contribution in [0.3, 0.4) is 0 Å². The summed E-state index contributed by atoms with van der Waals surface area (Å²) in [5.74, 6) is 0.199. The van der Waals surface area contributed by atoms with Crippen molar-refractivity contribution < 1.29 is 33.9 Å². The fraction of sp³-hybridized carbons (Fsp3) is 1.00. The number of rotatable bonds is 5. The number of hydrogen-bond acceptors (Lipinski definition) is 8. The lowest BCUT2D eigenvalue weighted by Crippen LogP contribution is -2.81. The van der Waals surface area contributed by atoms with Gasteiger partial charge in [-0.25, -0.2) is 0 Å². The van der Waals surface area contributed by atoms with Gasteiger partial charge in [-0.1, -0.05) is 6.92 Å². The van der Waals surface area contributed by atoms with Gasteiger partial charge in [-0.2, -0.15) is 0 Å². The number of aliphatic hydroxyl groups is 2. The molecule has 1 unspecified atom stereocenters. The third kappa shape index (κ3) is 1.98. The van der Waals surface area contributed by atoms with Crippen LogP contribution in [0, 0.1) is 34.5 Å². The molecule has 2 heterocycles. The van der Waals surface area contributed by atoms with E-state index < -0.39 is 28.8 Å². The SMILES string of the molecule is CCN1C[C@]2(COC)CC[C@H](O)[C@@]34C1[C@]1(OCO[C@@]15C[C@H](OC)[C@H]1C[C@@H]3[C@@H]5[C@H]1O)[C@@H](OC)[C@H]24. The molecule has 3 spiro atoms. The lowest BCUT2D eigenvalue weighted by molar-refractivity contribution is -0.282. The van der Waals surface area contributed by atoms with Crippen LogP contribution in [-0.2, 0) is 23.7 Å². The van der Waals surface area contributed by atoms with Crippen molar-refractivity contribution in [2.24, 2.45) is 34.5 Å². The molecule has 7 rings (SSSR count). The number of aliphatic hydroxyl groups excluding tert-OH is 2. The summed E-state index contributed by atoms with van der Waals surface area (Å²) in [6, 6.07) is -0.0180. The summed E-state index contributed by atoms with van der Waals surface area (Å²) in [5, 5.41) is 23.8. The van der Waals surface area contributed by atoms with E-state index in [4.69, 9.17) is 23.7 Å². The Balaban J connectivity index is 1.56. The monoisotopic (exact) mass is 465 g/mol. The third-order valence-electron chi connectivity index (χ3n) is 11.8. The van der Waals surface area contributed by atoms with Crippen molar-refractivity contribution in [2.45, 2.75) is 74.3 Å². The zero-order valence-corrected chi connectivity index (χ0v) is 20.2. The maximum absolute atomic E-state index is 12.0. The van der Waals surface area contributed by atoms with Gasteiger partial charge >= 0.3 is 0 Å². The van der Waals surface area contributed by atoms with Crippen molar-refractivity contribution in [2.75, 3.05) is 47.8 Å². The number of piperidine rings is 1. The molecular weight excluding hydrogens is 426 g/mol. The smallest absolute Gasteiger partial charge is 0.148 e. The average Bonchev–Trinajstić information content (AvgIpc) is 3.36. The minimum absolute atomic E-state index is 0.0180. The number of likely N-dealkylation sites (tertiary alicyclic amines) is 1. The Labute approximate surface area is 195 Å². The minimum Gasteiger partial charge on any atom is -0.392 e. The molecule has 0 radical (unpaired) electrons. The summed E-state index contributed by atoms with van der Waals surface area (Å²) in [6.45, 7) is 4.83. The largest absolute Gasteiger partial charge is 0.392 e. The zero-order chi connectivity index (χ0) is 23.0. The molecule has 5 aliphatic carbocycles. The lowest BCUT2D eigenvalue weighted by Gasteiger charge is -2.69. The molecule has 186 valence electrons. The molecule has 33 heavy (non-hydrogen) atoms. The van der Waals surface area contributed by atoms with Crippen LogP contribution in [0.2, 0.25) is 0 Å². The molecule has 7 fully saturated rings. The lowest BCUT2D eigenvalue weighted by atomic mass is 9.42. The predicted octanol–water partition coefficient (Wildman–Crippen LogP) is 0.637. The summed E-state index contributed by atoms with van der Waals surface area (Å²) < 4.78 is 31.9. The van der Waals surface area contributed by atoms with Gasteiger partial charge < -0.3 is 33.9 Å². The first-order chi connectivity index (χ1) is 15.9. The Morgan fingerprint density at radius 2 is 1.94 bits per heavy atom. The number of hydrogen-bond donors (Lipinski definition) is 2. The Morgan fingerprint density at radius 3 is 2.64 bits per heavy atom. The molecule has 2 saturated heterocycles. The molecule has 0 aromatic carbocycles. The third-order valence-corrected chi connectivity index (χ3v) is 11.8. The Kier molecular flexibility index (Phi) is 4.46. The first kappa shape index (κ1) is 21.9. The molecule has 8 nitrogen and oxygen atoms in total. The Bertz CT molecular complexity index is 844. The fourth-order valence-corrected chi connectivity index (χ4v) is 11.4. The minimum atomic E-state index is -0.753. The highest BCUT2D eigenvalue weighted by molar-refractivity contribution is 5.42. The number of nitrogens with zero attached hydrogens (tertiary/aromatic N) is 1. The van der Waals surface area contributed by atoms with E-state index in [1.54, 1.807) is 21.3 Å². The molecule has 2 N–H and O–H groups in total. The summed E-state index contributed by atoms with van der Waals surface area (Å²) in [4.78, 5) is 2.56. The van der Waals surface area contributed by atoms with Crippen LogP contribution in [-0.4, -0.2) is 105 Å². The molecule has 7 aliphatic rings. The van der Waals surface area contributed by atoms with Gasteiger partial charge in [-0.15, -0.1) is 0 Å². The standard InChI is InChI=1S/C25H39NO7/c1-5-26-10-22(11-29-2)7-6-16(27)24-14-8-13-15(30-3)9-23(17(14)18(13)28)25(21(24)26,33-12-32-23)20(31-4)19(22)24/h13-21,27-28H,5-12H2,1-4H3/t13-,14-,15+,16+,17-,18+,19-,20+,21?,22+,23-,24+,25-/m1/s1. The summed E-state index contributed by atoms with van der Waals surface area (Å²) in [6.07, 6.45) is 1.90. The normalized spacial score (nSPS) is 62.5. The predicted molar refractivity (Wildman–Crippen MR) is 116 cm³/mol. The van der Waals surface area contributed by atoms with Gasteiger partial charge in [0.15, 0.2) is 0 Å². The van der Waals surface area contributed by atoms with Crippen molar-refractivity contribution in [3.63, 3.8) is 0 Å². The number of fused-ring (bicyclic) bond motifs is 1. The second-order valence-corrected chi connectivity index (χ2v) is 12.0. The van der Waals surface area contributed by atoms with E-state index in [9.17, 15) is 10.2 Å². The quantitative estimate of drug-likeness (QED) is 0.612. The van der Waals surface area contributed by atoms with E-state index in [-0.39, 0.29) is 54.1 Å². The number of ether oxygens (including phenoxy) is 5. The van der Waals surface area contributed by atoms with Gasteiger partial charge in [0.25, 0.3) is 0 Å². The van der Waals surface area contributed by atoms with Crippen LogP contribution in [0.5, 0.6) is 0 Å². The van der Waals surface area contributed by atoms with E-state index in [0.29, 0.717) is 13.0 Å². The summed E-state index contributed by atoms with van der Waals surface area (Å²) in [5.41, 5.74) is -1.99. The molecule has 0 aromatic heterocycles. The van der Waals surface area contributed by atoms with Crippen LogP contribution >= 0.6 is 0 Å². The van der Waals surface area contributed by atoms with E-state index in [2.05, 4.69) is 11.8 Å². The van der Waals surface area contributed by atoms with Gasteiger partial charge in [0.2, 0.25) is 0 Å². The second-order valence-electron chi connectivity index (χ2n) is 12.0. The van der Waals surface area contributed by atoms with Gasteiger partial charge in [0.05, 0.1) is 37.1 Å². The zero-order valence-electron chi connectivity index (χ0n) is 20.2. The van der Waals surface area contributed by atoms with Crippen molar-refractivity contribution in [3.05, 3.63) is 0 Å². The van der Waals surface area contributed by atoms with Crippen LogP contribution in [0.25, 0.3) is 0 Å². The first-order valence-corrected chi connectivity index (χ1v) is 12.9. The van der Waals surface area contributed by atoms with Crippen molar-refractivity contribution >= 4 is 0 Å². The highest BCUT2D eigenvalue weighted by atomic mass is 16.7. The number of methoxy groups -OCH3 is 3. The Morgan fingerprint density at radius 1 is 1.12 bits per heavy atom. The topological polar surface area (TPSA) is 89.9 Å². The highest BCUT2D eigenvalue weighted by Crippen LogP contribution is 2.82. The van der Waals surface area contributed by atoms with Gasteiger partial charge in [0.1, 0.15) is 18.0 Å². The first-order valence-electron chi connectivity index (χ1n) is 12.9. The number of likely N-dealkylation sites (N-methyl/N-ethyl adjacent to an activating group) is 1. The summed E-state index contributed by atoms with van der Waals surface area (Å²) >= 11 is 0. The molecule has 8 heteroatoms. The van der Waals surface area contributed by atoms with Crippen molar-refractivity contribution in [3.8, 4) is 0 Å². The second kappa shape index (κ2) is 6.71. The molecule has 0 amide bonds. The van der Waals surface area contributed by atoms with E-state index in [1.807, 2.05) is 0 Å². The maximum Gasteiger partial charge on any atom is 0.148 e. The molecule has 2 aliphatic heterocycles. The van der Waals surface area contributed by atoms with Gasteiger partial charge in [0, 0.05) is 62.9 Å². The van der Waals surface area contributed by atoms with Crippen LogP contribution in [0.15, 0.2) is 0 Å². The molecule has 0 aromatic rings. The maximum atomic E-state index is 12.0. The van der Waals surface area contributed by atoms with Crippen LogP contribution < -0.4 is 0 Å². The molecule has 13 atom stereocenters. The van der Waals surface area contributed by atoms with E-state index >= 15 is 0 Å². The molecule has 7 bridgehead atoms. The molecule has 5 saturated carbocycles.